The molecule has 0 saturated heterocycles. The minimum absolute atomic E-state index is 0.158. The van der Waals surface area contributed by atoms with Gasteiger partial charge in [-0.1, -0.05) is 17.7 Å². The number of nitrogens with two attached hydrogens (primary N) is 1. The fraction of sp³-hybridized carbons (Fsp3) is 0.0714. The second kappa shape index (κ2) is 5.20. The number of anilines is 3. The fourth-order valence-electron chi connectivity index (χ4n) is 1.68. The summed E-state index contributed by atoms with van der Waals surface area (Å²) in [6, 6.07) is 10.1. The Morgan fingerprint density at radius 3 is 2.58 bits per heavy atom. The van der Waals surface area contributed by atoms with Gasteiger partial charge in [-0.3, -0.25) is 0 Å². The normalized spacial score (nSPS) is 10.2. The number of carboxylic acids is 1. The summed E-state index contributed by atoms with van der Waals surface area (Å²) in [6.07, 6.45) is 0. The van der Waals surface area contributed by atoms with Gasteiger partial charge in [0.2, 0.25) is 0 Å². The van der Waals surface area contributed by atoms with E-state index < -0.39 is 5.97 Å². The van der Waals surface area contributed by atoms with Crippen molar-refractivity contribution >= 4 is 34.6 Å². The molecule has 0 unspecified atom stereocenters. The van der Waals surface area contributed by atoms with Gasteiger partial charge in [0.05, 0.1) is 16.9 Å². The number of rotatable bonds is 3. The number of aryl methyl sites for hydroxylation is 1. The number of hydrogen-bond acceptors (Lipinski definition) is 3. The van der Waals surface area contributed by atoms with E-state index in [2.05, 4.69) is 5.32 Å². The van der Waals surface area contributed by atoms with E-state index in [0.29, 0.717) is 16.4 Å². The van der Waals surface area contributed by atoms with E-state index in [9.17, 15) is 4.79 Å². The molecule has 0 fully saturated rings. The number of carbonyl (C=O) groups is 1. The van der Waals surface area contributed by atoms with Gasteiger partial charge >= 0.3 is 5.97 Å². The Labute approximate surface area is 115 Å². The molecule has 0 spiro atoms. The highest BCUT2D eigenvalue weighted by atomic mass is 35.5. The minimum Gasteiger partial charge on any atom is -0.478 e. The van der Waals surface area contributed by atoms with Crippen LogP contribution in [0.4, 0.5) is 17.1 Å². The number of carboxylic acid groups (broad SMARTS) is 1. The van der Waals surface area contributed by atoms with E-state index >= 15 is 0 Å². The molecule has 4 N–H and O–H groups in total. The average molecular weight is 277 g/mol. The molecule has 0 amide bonds. The van der Waals surface area contributed by atoms with E-state index in [-0.39, 0.29) is 5.56 Å². The fourth-order valence-corrected chi connectivity index (χ4v) is 1.86. The summed E-state index contributed by atoms with van der Waals surface area (Å²) in [5, 5.41) is 12.6. The molecule has 4 nitrogen and oxygen atoms in total. The first kappa shape index (κ1) is 13.2. The van der Waals surface area contributed by atoms with Crippen molar-refractivity contribution in [2.24, 2.45) is 0 Å². The molecular formula is C14H13ClN2O2. The largest absolute Gasteiger partial charge is 0.478 e. The third kappa shape index (κ3) is 2.98. The van der Waals surface area contributed by atoms with Crippen molar-refractivity contribution in [1.29, 1.82) is 0 Å². The van der Waals surface area contributed by atoms with Crippen molar-refractivity contribution in [1.82, 2.24) is 0 Å². The Hall–Kier alpha value is -2.20. The average Bonchev–Trinajstić information content (AvgIpc) is 2.36. The molecule has 0 heterocycles. The first-order chi connectivity index (χ1) is 8.97. The van der Waals surface area contributed by atoms with E-state index in [1.54, 1.807) is 18.2 Å². The third-order valence-corrected chi connectivity index (χ3v) is 3.00. The van der Waals surface area contributed by atoms with Crippen LogP contribution in [0.25, 0.3) is 0 Å². The molecule has 2 aromatic rings. The Morgan fingerprint density at radius 2 is 1.95 bits per heavy atom. The first-order valence-corrected chi connectivity index (χ1v) is 6.01. The highest BCUT2D eigenvalue weighted by molar-refractivity contribution is 6.30. The van der Waals surface area contributed by atoms with E-state index in [1.807, 2.05) is 13.0 Å². The molecule has 0 aromatic heterocycles. The molecule has 98 valence electrons. The Kier molecular flexibility index (Phi) is 3.62. The van der Waals surface area contributed by atoms with Crippen LogP contribution in [0, 0.1) is 6.92 Å². The highest BCUT2D eigenvalue weighted by Crippen LogP contribution is 2.28. The van der Waals surface area contributed by atoms with Gasteiger partial charge in [0, 0.05) is 10.7 Å². The molecule has 0 bridgehead atoms. The second-order valence-corrected chi connectivity index (χ2v) is 4.63. The van der Waals surface area contributed by atoms with Crippen LogP contribution >= 0.6 is 11.6 Å². The molecule has 2 rings (SSSR count). The van der Waals surface area contributed by atoms with E-state index in [4.69, 9.17) is 22.4 Å². The molecule has 0 radical (unpaired) electrons. The topological polar surface area (TPSA) is 75.3 Å². The number of hydrogen-bond donors (Lipinski definition) is 3. The van der Waals surface area contributed by atoms with Gasteiger partial charge in [-0.15, -0.1) is 0 Å². The number of nitrogen functional groups attached to an aromatic ring is 1. The van der Waals surface area contributed by atoms with Gasteiger partial charge in [0.25, 0.3) is 0 Å². The molecule has 0 aliphatic heterocycles. The second-order valence-electron chi connectivity index (χ2n) is 4.19. The summed E-state index contributed by atoms with van der Waals surface area (Å²) in [7, 11) is 0. The highest BCUT2D eigenvalue weighted by Gasteiger charge is 2.07. The Morgan fingerprint density at radius 1 is 1.21 bits per heavy atom. The maximum Gasteiger partial charge on any atom is 0.335 e. The van der Waals surface area contributed by atoms with Crippen LogP contribution in [-0.2, 0) is 0 Å². The summed E-state index contributed by atoms with van der Waals surface area (Å²) >= 11 is 5.94. The molecule has 0 aliphatic carbocycles. The number of halogens is 1. The predicted molar refractivity (Wildman–Crippen MR) is 77.3 cm³/mol. The molecule has 5 heteroatoms. The van der Waals surface area contributed by atoms with Crippen molar-refractivity contribution in [3.8, 4) is 0 Å². The summed E-state index contributed by atoms with van der Waals surface area (Å²) in [4.78, 5) is 10.8. The lowest BCUT2D eigenvalue weighted by Crippen LogP contribution is -2.02. The third-order valence-electron chi connectivity index (χ3n) is 2.77. The van der Waals surface area contributed by atoms with Crippen LogP contribution < -0.4 is 11.1 Å². The Balaban J connectivity index is 2.33. The van der Waals surface area contributed by atoms with Gasteiger partial charge in [-0.2, -0.15) is 0 Å². The summed E-state index contributed by atoms with van der Waals surface area (Å²) in [5.41, 5.74) is 8.87. The lowest BCUT2D eigenvalue weighted by molar-refractivity contribution is 0.0697. The molecule has 19 heavy (non-hydrogen) atoms. The Bertz CT molecular complexity index is 641. The monoisotopic (exact) mass is 276 g/mol. The lowest BCUT2D eigenvalue weighted by Gasteiger charge is -2.12. The quantitative estimate of drug-likeness (QED) is 0.748. The zero-order valence-corrected chi connectivity index (χ0v) is 11.0. The van der Waals surface area contributed by atoms with Crippen LogP contribution in [0.2, 0.25) is 5.02 Å². The zero-order chi connectivity index (χ0) is 14.0. The molecular weight excluding hydrogens is 264 g/mol. The van der Waals surface area contributed by atoms with Crippen LogP contribution in [0.15, 0.2) is 36.4 Å². The summed E-state index contributed by atoms with van der Waals surface area (Å²) < 4.78 is 0. The SMILES string of the molecule is Cc1ccc(Cl)cc1Nc1ccc(C(=O)O)cc1N. The van der Waals surface area contributed by atoms with Crippen LogP contribution in [0.1, 0.15) is 15.9 Å². The molecule has 0 aliphatic rings. The maximum absolute atomic E-state index is 10.8. The van der Waals surface area contributed by atoms with Crippen LogP contribution in [0.3, 0.4) is 0 Å². The van der Waals surface area contributed by atoms with Gasteiger partial charge in [-0.05, 0) is 42.8 Å². The van der Waals surface area contributed by atoms with Crippen LogP contribution in [0.5, 0.6) is 0 Å². The van der Waals surface area contributed by atoms with Gasteiger partial charge in [0.1, 0.15) is 0 Å². The van der Waals surface area contributed by atoms with Crippen molar-refractivity contribution in [2.75, 3.05) is 11.1 Å². The standard InChI is InChI=1S/C14H13ClN2O2/c1-8-2-4-10(15)7-13(8)17-12-5-3-9(14(18)19)6-11(12)16/h2-7,17H,16H2,1H3,(H,18,19). The molecule has 0 saturated carbocycles. The predicted octanol–water partition coefficient (Wildman–Crippen LogP) is 3.67. The van der Waals surface area contributed by atoms with Crippen molar-refractivity contribution < 1.29 is 9.90 Å². The molecule has 2 aromatic carbocycles. The zero-order valence-electron chi connectivity index (χ0n) is 10.3. The number of aromatic carboxylic acids is 1. The lowest BCUT2D eigenvalue weighted by atomic mass is 10.1. The first-order valence-electron chi connectivity index (χ1n) is 5.63. The van der Waals surface area contributed by atoms with E-state index in [1.165, 1.54) is 12.1 Å². The van der Waals surface area contributed by atoms with Crippen molar-refractivity contribution in [2.45, 2.75) is 6.92 Å². The van der Waals surface area contributed by atoms with Gasteiger partial charge in [0.15, 0.2) is 0 Å². The smallest absolute Gasteiger partial charge is 0.335 e. The number of nitrogens with one attached hydrogen (secondary N) is 1. The van der Waals surface area contributed by atoms with Crippen molar-refractivity contribution in [3.05, 3.63) is 52.5 Å². The van der Waals surface area contributed by atoms with E-state index in [0.717, 1.165) is 11.3 Å². The summed E-state index contributed by atoms with van der Waals surface area (Å²) in [6.45, 7) is 1.94. The maximum atomic E-state index is 10.8. The molecule has 0 atom stereocenters. The van der Waals surface area contributed by atoms with Gasteiger partial charge < -0.3 is 16.2 Å². The van der Waals surface area contributed by atoms with Crippen LogP contribution in [-0.4, -0.2) is 11.1 Å². The minimum atomic E-state index is -1.00. The number of benzene rings is 2. The van der Waals surface area contributed by atoms with Gasteiger partial charge in [-0.25, -0.2) is 4.79 Å². The van der Waals surface area contributed by atoms with Crippen molar-refractivity contribution in [3.63, 3.8) is 0 Å². The summed E-state index contributed by atoms with van der Waals surface area (Å²) in [5.74, 6) is -1.00.